The van der Waals surface area contributed by atoms with E-state index < -0.39 is 20.0 Å². The van der Waals surface area contributed by atoms with Gasteiger partial charge in [-0.05, 0) is 72.9 Å². The largest absolute Gasteiger partial charge is 0.497 e. The Kier molecular flexibility index (Phi) is 6.71. The van der Waals surface area contributed by atoms with Gasteiger partial charge in [0, 0.05) is 34.7 Å². The van der Waals surface area contributed by atoms with Crippen LogP contribution in [0, 0.1) is 5.92 Å². The third kappa shape index (κ3) is 4.07. The zero-order valence-electron chi connectivity index (χ0n) is 25.3. The van der Waals surface area contributed by atoms with Crippen molar-refractivity contribution in [1.29, 1.82) is 0 Å². The minimum Gasteiger partial charge on any atom is -0.497 e. The van der Waals surface area contributed by atoms with Crippen molar-refractivity contribution in [3.63, 3.8) is 0 Å². The normalized spacial score (nSPS) is 24.2. The van der Waals surface area contributed by atoms with E-state index in [-0.39, 0.29) is 29.9 Å². The lowest BCUT2D eigenvalue weighted by Gasteiger charge is -2.32. The van der Waals surface area contributed by atoms with Crippen LogP contribution < -0.4 is 14.5 Å². The lowest BCUT2D eigenvalue weighted by atomic mass is 9.82. The van der Waals surface area contributed by atoms with Crippen LogP contribution in [-0.4, -0.2) is 49.9 Å². The molecule has 44 heavy (non-hydrogen) atoms. The Morgan fingerprint density at radius 3 is 2.39 bits per heavy atom. The summed E-state index contributed by atoms with van der Waals surface area (Å²) in [4.78, 5) is 42.8. The van der Waals surface area contributed by atoms with Gasteiger partial charge in [0.05, 0.1) is 36.7 Å². The Hall–Kier alpha value is -4.02. The number of nitrogens with zero attached hydrogens (tertiary/aromatic N) is 2. The van der Waals surface area contributed by atoms with E-state index in [1.54, 1.807) is 16.9 Å². The summed E-state index contributed by atoms with van der Waals surface area (Å²) >= 11 is 0. The number of benzene rings is 4. The van der Waals surface area contributed by atoms with Crippen LogP contribution in [0.5, 0.6) is 5.75 Å². The number of carbonyl (C=O) groups is 2. The van der Waals surface area contributed by atoms with Gasteiger partial charge in [0.15, 0.2) is 13.9 Å². The molecule has 4 aromatic rings. The van der Waals surface area contributed by atoms with E-state index in [4.69, 9.17) is 9.47 Å². The zero-order chi connectivity index (χ0) is 31.0. The fraction of sp³-hybridized carbons (Fsp3) is 0.314. The number of ether oxygens (including phenoxy) is 2. The van der Waals surface area contributed by atoms with Gasteiger partial charge in [-0.2, -0.15) is 0 Å². The van der Waals surface area contributed by atoms with Crippen molar-refractivity contribution < 1.29 is 29.0 Å². The van der Waals surface area contributed by atoms with Gasteiger partial charge in [0.1, 0.15) is 5.75 Å². The number of hydrogen-bond donors (Lipinski definition) is 2. The number of aliphatic hydroxyl groups is 1. The van der Waals surface area contributed by atoms with Crippen molar-refractivity contribution in [3.8, 4) is 5.75 Å². The second kappa shape index (κ2) is 10.3. The fourth-order valence-corrected chi connectivity index (χ4v) is 10.4. The summed E-state index contributed by atoms with van der Waals surface area (Å²) in [6, 6.07) is 25.1. The van der Waals surface area contributed by atoms with Crippen molar-refractivity contribution >= 4 is 48.0 Å². The van der Waals surface area contributed by atoms with Gasteiger partial charge in [-0.1, -0.05) is 43.3 Å². The Morgan fingerprint density at radius 2 is 1.70 bits per heavy atom. The summed E-state index contributed by atoms with van der Waals surface area (Å²) < 4.78 is 12.2. The molecule has 0 unspecified atom stereocenters. The van der Waals surface area contributed by atoms with E-state index in [0.29, 0.717) is 24.3 Å². The number of methoxy groups -OCH3 is 1. The minimum absolute atomic E-state index is 0.0567. The lowest BCUT2D eigenvalue weighted by Crippen LogP contribution is -2.46. The molecular formula is C35H36N2O6Si. The van der Waals surface area contributed by atoms with Crippen LogP contribution in [0.2, 0.25) is 18.6 Å². The lowest BCUT2D eigenvalue weighted by molar-refractivity contribution is -0.146. The molecule has 226 valence electrons. The van der Waals surface area contributed by atoms with Gasteiger partial charge in [-0.25, -0.2) is 0 Å². The van der Waals surface area contributed by atoms with Crippen molar-refractivity contribution in [3.05, 3.63) is 95.6 Å². The molecule has 3 heterocycles. The molecule has 2 amide bonds. The topological polar surface area (TPSA) is 99.5 Å². The highest BCUT2D eigenvalue weighted by atomic mass is 28.4. The third-order valence-corrected chi connectivity index (χ3v) is 12.2. The van der Waals surface area contributed by atoms with Crippen LogP contribution in [0.4, 0.5) is 17.1 Å². The summed E-state index contributed by atoms with van der Waals surface area (Å²) in [5, 5.41) is 11.8. The number of aliphatic hydroxyl groups excluding tert-OH is 1. The average Bonchev–Trinajstić information content (AvgIpc) is 3.56. The van der Waals surface area contributed by atoms with Gasteiger partial charge >= 0.3 is 0 Å². The van der Waals surface area contributed by atoms with Crippen LogP contribution in [0.1, 0.15) is 34.8 Å². The maximum atomic E-state index is 14.6. The van der Waals surface area contributed by atoms with Crippen LogP contribution in [0.3, 0.4) is 0 Å². The quantitative estimate of drug-likeness (QED) is 0.255. The molecule has 2 N–H and O–H groups in total. The van der Waals surface area contributed by atoms with Gasteiger partial charge in [-0.3, -0.25) is 14.5 Å². The van der Waals surface area contributed by atoms with Crippen molar-refractivity contribution in [2.75, 3.05) is 23.5 Å². The smallest absolute Gasteiger partial charge is 0.264 e. The molecule has 0 radical (unpaired) electrons. The SMILES string of the molecule is COc1ccc2c(c1)[C@@]1(O[C@H](CCO)[C@@H]([Si](C)(C)O)[C@@H]1C)C(=O)N2Cc1ccc(N2C(=O)c3cccc4cccc2c34)cc1. The predicted molar refractivity (Wildman–Crippen MR) is 172 cm³/mol. The Labute approximate surface area is 257 Å². The molecule has 0 aliphatic carbocycles. The number of anilines is 3. The van der Waals surface area contributed by atoms with E-state index in [0.717, 1.165) is 39.0 Å². The second-order valence-corrected chi connectivity index (χ2v) is 16.6. The Balaban J connectivity index is 1.23. The first kappa shape index (κ1) is 28.7. The van der Waals surface area contributed by atoms with Gasteiger partial charge in [-0.15, -0.1) is 0 Å². The minimum atomic E-state index is -2.79. The highest BCUT2D eigenvalue weighted by molar-refractivity contribution is 6.71. The number of carbonyl (C=O) groups excluding carboxylic acids is 2. The van der Waals surface area contributed by atoms with Gasteiger partial charge in [0.25, 0.3) is 11.8 Å². The van der Waals surface area contributed by atoms with Crippen molar-refractivity contribution in [1.82, 2.24) is 0 Å². The van der Waals surface area contributed by atoms with Crippen molar-refractivity contribution in [2.45, 2.75) is 50.2 Å². The number of amides is 2. The summed E-state index contributed by atoms with van der Waals surface area (Å²) in [5.74, 6) is 0.0607. The monoisotopic (exact) mass is 608 g/mol. The Bertz CT molecular complexity index is 1800. The average molecular weight is 609 g/mol. The van der Waals surface area contributed by atoms with E-state index in [1.165, 1.54) is 0 Å². The molecule has 0 saturated carbocycles. The first-order chi connectivity index (χ1) is 21.1. The molecule has 3 aliphatic rings. The summed E-state index contributed by atoms with van der Waals surface area (Å²) in [5.41, 5.74) is 3.14. The number of rotatable bonds is 7. The first-order valence-corrected chi connectivity index (χ1v) is 18.1. The number of fused-ring (bicyclic) bond motifs is 2. The van der Waals surface area contributed by atoms with E-state index >= 15 is 0 Å². The molecular weight excluding hydrogens is 572 g/mol. The maximum Gasteiger partial charge on any atom is 0.264 e. The van der Waals surface area contributed by atoms with E-state index in [1.807, 2.05) is 98.9 Å². The molecule has 0 bridgehead atoms. The molecule has 1 fully saturated rings. The molecule has 7 rings (SSSR count). The highest BCUT2D eigenvalue weighted by Crippen LogP contribution is 2.60. The summed E-state index contributed by atoms with van der Waals surface area (Å²) in [7, 11) is -1.19. The van der Waals surface area contributed by atoms with Crippen molar-refractivity contribution in [2.24, 2.45) is 5.92 Å². The van der Waals surface area contributed by atoms with E-state index in [9.17, 15) is 19.5 Å². The van der Waals surface area contributed by atoms with E-state index in [2.05, 4.69) is 0 Å². The highest BCUT2D eigenvalue weighted by Gasteiger charge is 2.66. The second-order valence-electron chi connectivity index (χ2n) is 12.6. The molecule has 4 atom stereocenters. The molecule has 1 saturated heterocycles. The molecule has 0 aromatic heterocycles. The summed E-state index contributed by atoms with van der Waals surface area (Å²) in [6.07, 6.45) is -0.107. The molecule has 3 aliphatic heterocycles. The molecule has 4 aromatic carbocycles. The number of hydrogen-bond acceptors (Lipinski definition) is 6. The first-order valence-electron chi connectivity index (χ1n) is 15.1. The van der Waals surface area contributed by atoms with Gasteiger partial charge in [0.2, 0.25) is 0 Å². The third-order valence-electron chi connectivity index (χ3n) is 9.70. The van der Waals surface area contributed by atoms with Gasteiger partial charge < -0.3 is 24.3 Å². The van der Waals surface area contributed by atoms with Crippen LogP contribution >= 0.6 is 0 Å². The van der Waals surface area contributed by atoms with Crippen LogP contribution in [0.15, 0.2) is 78.9 Å². The van der Waals surface area contributed by atoms with Crippen LogP contribution in [0.25, 0.3) is 10.8 Å². The standard InChI is InChI=1S/C35H36N2O6Si/c1-21-32(44(3,4)41)30(17-18-38)43-35(21)27-19-25(42-2)15-16-28(27)36(34(35)40)20-22-11-13-24(14-12-22)37-29-10-6-8-23-7-5-9-26(31(23)29)33(37)39/h5-16,19,21,30,32,38,41H,17-18,20H2,1-4H3/t21-,30+,32-,35+/m0/s1. The molecule has 9 heteroatoms. The molecule has 1 spiro atoms. The fourth-order valence-electron chi connectivity index (χ4n) is 7.84. The zero-order valence-corrected chi connectivity index (χ0v) is 26.3. The predicted octanol–water partition coefficient (Wildman–Crippen LogP) is 5.87. The Morgan fingerprint density at radius 1 is 0.977 bits per heavy atom. The van der Waals surface area contributed by atoms with Crippen LogP contribution in [-0.2, 0) is 21.7 Å². The molecule has 8 nitrogen and oxygen atoms in total. The summed E-state index contributed by atoms with van der Waals surface area (Å²) in [6.45, 7) is 5.93. The maximum absolute atomic E-state index is 14.6.